The number of fused-ring (bicyclic) bond motifs is 4. The minimum Gasteiger partial charge on any atom is -0.341 e. The SMILES string of the molecule is CC(=O)N1C[C@H]2CC[C@@H](C1)N(C(=O)c1c[nH]c(=O)[nH]c1=O)C2. The minimum atomic E-state index is -0.683. The summed E-state index contributed by atoms with van der Waals surface area (Å²) >= 11 is 0. The van der Waals surface area contributed by atoms with Gasteiger partial charge in [0.1, 0.15) is 5.56 Å². The summed E-state index contributed by atoms with van der Waals surface area (Å²) in [5.74, 6) is -0.154. The molecule has 0 aromatic carbocycles. The Morgan fingerprint density at radius 1 is 1.18 bits per heavy atom. The van der Waals surface area contributed by atoms with Crippen molar-refractivity contribution in [3.05, 3.63) is 32.6 Å². The molecule has 3 saturated heterocycles. The summed E-state index contributed by atoms with van der Waals surface area (Å²) in [7, 11) is 0. The number of nitrogens with zero attached hydrogens (tertiary/aromatic N) is 2. The van der Waals surface area contributed by atoms with Gasteiger partial charge in [-0.3, -0.25) is 19.4 Å². The van der Waals surface area contributed by atoms with Gasteiger partial charge in [-0.15, -0.1) is 0 Å². The third-order valence-corrected chi connectivity index (χ3v) is 4.47. The van der Waals surface area contributed by atoms with E-state index in [1.54, 1.807) is 9.80 Å². The Balaban J connectivity index is 1.89. The van der Waals surface area contributed by atoms with Gasteiger partial charge in [-0.1, -0.05) is 0 Å². The molecule has 0 saturated carbocycles. The van der Waals surface area contributed by atoms with Gasteiger partial charge in [0.05, 0.1) is 0 Å². The topological polar surface area (TPSA) is 106 Å². The Bertz CT molecular complexity index is 722. The zero-order valence-electron chi connectivity index (χ0n) is 12.3. The Labute approximate surface area is 126 Å². The summed E-state index contributed by atoms with van der Waals surface area (Å²) in [6, 6.07) is -0.0820. The highest BCUT2D eigenvalue weighted by Crippen LogP contribution is 2.28. The normalized spacial score (nSPS) is 24.2. The second-order valence-electron chi connectivity index (χ2n) is 5.96. The fourth-order valence-corrected chi connectivity index (χ4v) is 3.31. The van der Waals surface area contributed by atoms with Gasteiger partial charge in [0.25, 0.3) is 11.5 Å². The first-order valence-corrected chi connectivity index (χ1v) is 7.34. The number of carbonyl (C=O) groups excluding carboxylic acids is 2. The summed E-state index contributed by atoms with van der Waals surface area (Å²) < 4.78 is 0. The van der Waals surface area contributed by atoms with E-state index < -0.39 is 17.2 Å². The molecule has 0 unspecified atom stereocenters. The summed E-state index contributed by atoms with van der Waals surface area (Å²) in [6.07, 6.45) is 2.95. The number of piperidine rings is 1. The second-order valence-corrected chi connectivity index (χ2v) is 5.96. The van der Waals surface area contributed by atoms with Gasteiger partial charge >= 0.3 is 5.69 Å². The number of aromatic nitrogens is 2. The first kappa shape index (κ1) is 14.6. The van der Waals surface area contributed by atoms with Crippen molar-refractivity contribution in [2.45, 2.75) is 25.8 Å². The summed E-state index contributed by atoms with van der Waals surface area (Å²) in [5.41, 5.74) is -1.39. The average Bonchev–Trinajstić information content (AvgIpc) is 2.78. The van der Waals surface area contributed by atoms with Crippen molar-refractivity contribution in [1.29, 1.82) is 0 Å². The van der Waals surface area contributed by atoms with Crippen LogP contribution < -0.4 is 11.2 Å². The summed E-state index contributed by atoms with van der Waals surface area (Å²) in [4.78, 5) is 55.0. The van der Waals surface area contributed by atoms with E-state index in [1.165, 1.54) is 6.92 Å². The van der Waals surface area contributed by atoms with E-state index in [1.807, 2.05) is 0 Å². The van der Waals surface area contributed by atoms with Crippen LogP contribution in [0.4, 0.5) is 0 Å². The van der Waals surface area contributed by atoms with Crippen LogP contribution in [0.15, 0.2) is 15.8 Å². The Morgan fingerprint density at radius 2 is 1.95 bits per heavy atom. The molecule has 2 N–H and O–H groups in total. The van der Waals surface area contributed by atoms with Crippen LogP contribution in [0.2, 0.25) is 0 Å². The van der Waals surface area contributed by atoms with Crippen LogP contribution in [-0.2, 0) is 4.79 Å². The quantitative estimate of drug-likeness (QED) is 0.704. The minimum absolute atomic E-state index is 0.00749. The molecule has 22 heavy (non-hydrogen) atoms. The smallest absolute Gasteiger partial charge is 0.325 e. The third-order valence-electron chi connectivity index (χ3n) is 4.47. The molecule has 118 valence electrons. The van der Waals surface area contributed by atoms with Crippen molar-refractivity contribution in [1.82, 2.24) is 19.8 Å². The van der Waals surface area contributed by atoms with E-state index in [4.69, 9.17) is 0 Å². The van der Waals surface area contributed by atoms with Crippen molar-refractivity contribution in [2.75, 3.05) is 19.6 Å². The van der Waals surface area contributed by atoms with Crippen molar-refractivity contribution in [3.8, 4) is 0 Å². The molecule has 1 aromatic rings. The maximum absolute atomic E-state index is 12.6. The van der Waals surface area contributed by atoms with Crippen molar-refractivity contribution in [3.63, 3.8) is 0 Å². The molecule has 8 heteroatoms. The van der Waals surface area contributed by atoms with E-state index in [0.717, 1.165) is 19.0 Å². The van der Waals surface area contributed by atoms with Crippen LogP contribution in [-0.4, -0.2) is 57.3 Å². The van der Waals surface area contributed by atoms with Gasteiger partial charge in [-0.2, -0.15) is 0 Å². The van der Waals surface area contributed by atoms with Gasteiger partial charge < -0.3 is 14.8 Å². The van der Waals surface area contributed by atoms with Crippen LogP contribution in [0.1, 0.15) is 30.1 Å². The highest BCUT2D eigenvalue weighted by atomic mass is 16.2. The third kappa shape index (κ3) is 2.56. The molecule has 8 nitrogen and oxygen atoms in total. The van der Waals surface area contributed by atoms with Crippen LogP contribution in [0.3, 0.4) is 0 Å². The lowest BCUT2D eigenvalue weighted by Gasteiger charge is -2.35. The maximum Gasteiger partial charge on any atom is 0.325 e. The monoisotopic (exact) mass is 306 g/mol. The number of hydrogen-bond donors (Lipinski definition) is 2. The van der Waals surface area contributed by atoms with Crippen LogP contribution in [0.25, 0.3) is 0 Å². The lowest BCUT2D eigenvalue weighted by molar-refractivity contribution is -0.129. The van der Waals surface area contributed by atoms with Crippen molar-refractivity contribution < 1.29 is 9.59 Å². The highest BCUT2D eigenvalue weighted by Gasteiger charge is 2.38. The number of carbonyl (C=O) groups is 2. The molecule has 0 radical (unpaired) electrons. The molecule has 1 aromatic heterocycles. The lowest BCUT2D eigenvalue weighted by Crippen LogP contribution is -2.49. The van der Waals surface area contributed by atoms with Gasteiger partial charge in [0.15, 0.2) is 0 Å². The number of hydrogen-bond acceptors (Lipinski definition) is 4. The van der Waals surface area contributed by atoms with Crippen LogP contribution in [0, 0.1) is 5.92 Å². The number of nitrogens with one attached hydrogen (secondary N) is 2. The molecular weight excluding hydrogens is 288 g/mol. The van der Waals surface area contributed by atoms with E-state index in [2.05, 4.69) is 9.97 Å². The van der Waals surface area contributed by atoms with E-state index in [-0.39, 0.29) is 23.4 Å². The number of aromatic amines is 2. The van der Waals surface area contributed by atoms with Gasteiger partial charge in [0.2, 0.25) is 5.91 Å². The lowest BCUT2D eigenvalue weighted by atomic mass is 9.94. The van der Waals surface area contributed by atoms with Crippen molar-refractivity contribution >= 4 is 11.8 Å². The maximum atomic E-state index is 12.6. The van der Waals surface area contributed by atoms with Crippen LogP contribution >= 0.6 is 0 Å². The molecule has 0 aliphatic carbocycles. The fraction of sp³-hybridized carbons (Fsp3) is 0.571. The van der Waals surface area contributed by atoms with Crippen molar-refractivity contribution in [2.24, 2.45) is 5.92 Å². The van der Waals surface area contributed by atoms with E-state index in [0.29, 0.717) is 19.6 Å². The average molecular weight is 306 g/mol. The standard InChI is InChI=1S/C14H18N4O4/c1-8(19)17-5-9-2-3-10(7-17)18(6-9)13(21)11-4-15-14(22)16-12(11)20/h4,9-10H,2-3,5-7H2,1H3,(H2,15,16,20,22)/t9-,10+/m1/s1. The molecule has 2 bridgehead atoms. The molecule has 3 fully saturated rings. The molecular formula is C14H18N4O4. The zero-order chi connectivity index (χ0) is 15.9. The summed E-state index contributed by atoms with van der Waals surface area (Å²) in [6.45, 7) is 3.21. The molecule has 4 heterocycles. The Kier molecular flexibility index (Phi) is 3.59. The zero-order valence-corrected chi connectivity index (χ0v) is 12.3. The van der Waals surface area contributed by atoms with Gasteiger partial charge in [-0.25, -0.2) is 4.79 Å². The molecule has 2 amide bonds. The molecule has 2 atom stereocenters. The fourth-order valence-electron chi connectivity index (χ4n) is 3.31. The Hall–Kier alpha value is -2.38. The van der Waals surface area contributed by atoms with Gasteiger partial charge in [-0.05, 0) is 18.8 Å². The van der Waals surface area contributed by atoms with E-state index >= 15 is 0 Å². The number of amides is 2. The van der Waals surface area contributed by atoms with Gasteiger partial charge in [0, 0.05) is 38.8 Å². The van der Waals surface area contributed by atoms with Crippen LogP contribution in [0.5, 0.6) is 0 Å². The predicted octanol–water partition coefficient (Wildman–Crippen LogP) is -0.854. The largest absolute Gasteiger partial charge is 0.341 e. The number of rotatable bonds is 1. The molecule has 0 spiro atoms. The molecule has 3 aliphatic heterocycles. The summed E-state index contributed by atoms with van der Waals surface area (Å²) in [5, 5.41) is 0. The predicted molar refractivity (Wildman–Crippen MR) is 77.5 cm³/mol. The highest BCUT2D eigenvalue weighted by molar-refractivity contribution is 5.94. The molecule has 4 rings (SSSR count). The van der Waals surface area contributed by atoms with E-state index in [9.17, 15) is 19.2 Å². The molecule has 3 aliphatic rings. The number of H-pyrrole nitrogens is 2. The first-order chi connectivity index (χ1) is 10.5. The Morgan fingerprint density at radius 3 is 2.64 bits per heavy atom. The second kappa shape index (κ2) is 5.43. The first-order valence-electron chi connectivity index (χ1n) is 7.34.